The lowest BCUT2D eigenvalue weighted by Gasteiger charge is -2.36. The van der Waals surface area contributed by atoms with Crippen LogP contribution in [0.4, 0.5) is 0 Å². The maximum Gasteiger partial charge on any atom is 0.0775 e. The van der Waals surface area contributed by atoms with Crippen molar-refractivity contribution in [1.82, 2.24) is 14.9 Å². The first-order valence-corrected chi connectivity index (χ1v) is 9.65. The fraction of sp³-hybridized carbons (Fsp3) is 0.174. The Hall–Kier alpha value is -2.62. The molecule has 1 unspecified atom stereocenters. The number of aromatic amines is 1. The molecule has 1 atom stereocenters. The molecule has 5 rings (SSSR count). The SMILES string of the molecule is Clc1ccc2[nH]c3c(c2c1)CCN(Cc1ccccc1)C3c1cccnc1. The van der Waals surface area contributed by atoms with E-state index >= 15 is 0 Å². The largest absolute Gasteiger partial charge is 0.357 e. The highest BCUT2D eigenvalue weighted by Crippen LogP contribution is 2.39. The molecule has 4 heteroatoms. The molecular weight excluding hydrogens is 354 g/mol. The molecule has 1 aliphatic rings. The Morgan fingerprint density at radius 1 is 1.07 bits per heavy atom. The lowest BCUT2D eigenvalue weighted by atomic mass is 9.92. The molecule has 3 nitrogen and oxygen atoms in total. The van der Waals surface area contributed by atoms with Crippen LogP contribution >= 0.6 is 11.6 Å². The van der Waals surface area contributed by atoms with Crippen molar-refractivity contribution in [3.05, 3.63) is 100 Å². The average Bonchev–Trinajstić information content (AvgIpc) is 3.07. The molecule has 0 radical (unpaired) electrons. The van der Waals surface area contributed by atoms with Gasteiger partial charge in [0, 0.05) is 47.1 Å². The summed E-state index contributed by atoms with van der Waals surface area (Å²) < 4.78 is 0. The van der Waals surface area contributed by atoms with Crippen LogP contribution in [-0.2, 0) is 13.0 Å². The summed E-state index contributed by atoms with van der Waals surface area (Å²) >= 11 is 6.27. The Balaban J connectivity index is 1.63. The Morgan fingerprint density at radius 3 is 2.78 bits per heavy atom. The second-order valence-electron chi connectivity index (χ2n) is 7.10. The standard InChI is InChI=1S/C23H20ClN3/c24-18-8-9-21-20(13-18)19-10-12-27(15-16-5-2-1-3-6-16)23(22(19)26-21)17-7-4-11-25-14-17/h1-9,11,13-14,23,26H,10,12,15H2. The number of benzene rings is 2. The molecule has 4 aromatic rings. The van der Waals surface area contributed by atoms with Crippen LogP contribution in [0.25, 0.3) is 10.9 Å². The maximum atomic E-state index is 6.27. The van der Waals surface area contributed by atoms with Crippen molar-refractivity contribution in [1.29, 1.82) is 0 Å². The van der Waals surface area contributed by atoms with Gasteiger partial charge in [0.2, 0.25) is 0 Å². The first kappa shape index (κ1) is 16.5. The number of halogens is 1. The summed E-state index contributed by atoms with van der Waals surface area (Å²) in [5, 5.41) is 2.03. The van der Waals surface area contributed by atoms with Gasteiger partial charge in [-0.3, -0.25) is 9.88 Å². The van der Waals surface area contributed by atoms with Gasteiger partial charge in [0.1, 0.15) is 0 Å². The summed E-state index contributed by atoms with van der Waals surface area (Å²) in [6, 6.07) is 21.1. The van der Waals surface area contributed by atoms with Crippen LogP contribution in [0.1, 0.15) is 28.4 Å². The second-order valence-corrected chi connectivity index (χ2v) is 7.54. The van der Waals surface area contributed by atoms with Gasteiger partial charge in [-0.2, -0.15) is 0 Å². The Labute approximate surface area is 163 Å². The zero-order chi connectivity index (χ0) is 18.2. The zero-order valence-electron chi connectivity index (χ0n) is 14.9. The fourth-order valence-corrected chi connectivity index (χ4v) is 4.39. The summed E-state index contributed by atoms with van der Waals surface area (Å²) in [5.74, 6) is 0. The van der Waals surface area contributed by atoms with Crippen molar-refractivity contribution in [2.45, 2.75) is 19.0 Å². The van der Waals surface area contributed by atoms with Crippen LogP contribution in [0.2, 0.25) is 5.02 Å². The van der Waals surface area contributed by atoms with Crippen LogP contribution in [0, 0.1) is 0 Å². The van der Waals surface area contributed by atoms with E-state index < -0.39 is 0 Å². The number of pyridine rings is 1. The molecule has 0 amide bonds. The summed E-state index contributed by atoms with van der Waals surface area (Å²) in [5.41, 5.74) is 6.34. The maximum absolute atomic E-state index is 6.27. The highest BCUT2D eigenvalue weighted by molar-refractivity contribution is 6.31. The van der Waals surface area contributed by atoms with E-state index in [2.05, 4.69) is 63.4 Å². The number of nitrogens with one attached hydrogen (secondary N) is 1. The molecule has 3 heterocycles. The van der Waals surface area contributed by atoms with Gasteiger partial charge in [0.25, 0.3) is 0 Å². The smallest absolute Gasteiger partial charge is 0.0775 e. The first-order valence-electron chi connectivity index (χ1n) is 9.27. The number of hydrogen-bond acceptors (Lipinski definition) is 2. The minimum atomic E-state index is 0.161. The van der Waals surface area contributed by atoms with Crippen molar-refractivity contribution in [2.75, 3.05) is 6.54 Å². The molecule has 0 saturated carbocycles. The van der Waals surface area contributed by atoms with Crippen LogP contribution in [-0.4, -0.2) is 21.4 Å². The predicted molar refractivity (Wildman–Crippen MR) is 110 cm³/mol. The molecule has 0 saturated heterocycles. The number of hydrogen-bond donors (Lipinski definition) is 1. The van der Waals surface area contributed by atoms with Gasteiger partial charge in [0.05, 0.1) is 6.04 Å². The molecule has 27 heavy (non-hydrogen) atoms. The Bertz CT molecular complexity index is 1070. The van der Waals surface area contributed by atoms with E-state index in [1.54, 1.807) is 0 Å². The summed E-state index contributed by atoms with van der Waals surface area (Å²) in [4.78, 5) is 10.6. The number of nitrogens with zero attached hydrogens (tertiary/aromatic N) is 2. The molecular formula is C23H20ClN3. The van der Waals surface area contributed by atoms with Gasteiger partial charge >= 0.3 is 0 Å². The number of rotatable bonds is 3. The van der Waals surface area contributed by atoms with Gasteiger partial charge in [-0.15, -0.1) is 0 Å². The van der Waals surface area contributed by atoms with E-state index in [0.717, 1.165) is 30.0 Å². The quantitative estimate of drug-likeness (QED) is 0.524. The van der Waals surface area contributed by atoms with Gasteiger partial charge in [0.15, 0.2) is 0 Å². The third-order valence-corrected chi connectivity index (χ3v) is 5.65. The average molecular weight is 374 g/mol. The monoisotopic (exact) mass is 373 g/mol. The molecule has 0 fully saturated rings. The Morgan fingerprint density at radius 2 is 1.96 bits per heavy atom. The zero-order valence-corrected chi connectivity index (χ0v) is 15.7. The van der Waals surface area contributed by atoms with Crippen LogP contribution in [0.15, 0.2) is 73.1 Å². The van der Waals surface area contributed by atoms with Crippen LogP contribution in [0.3, 0.4) is 0 Å². The van der Waals surface area contributed by atoms with E-state index in [0.29, 0.717) is 0 Å². The molecule has 2 aromatic heterocycles. The number of H-pyrrole nitrogens is 1. The molecule has 0 aliphatic carbocycles. The van der Waals surface area contributed by atoms with Crippen molar-refractivity contribution in [3.8, 4) is 0 Å². The Kier molecular flexibility index (Phi) is 4.19. The number of fused-ring (bicyclic) bond motifs is 3. The van der Waals surface area contributed by atoms with Crippen molar-refractivity contribution < 1.29 is 0 Å². The molecule has 1 N–H and O–H groups in total. The summed E-state index contributed by atoms with van der Waals surface area (Å²) in [6.07, 6.45) is 4.83. The third kappa shape index (κ3) is 3.03. The van der Waals surface area contributed by atoms with Crippen molar-refractivity contribution in [3.63, 3.8) is 0 Å². The second kappa shape index (κ2) is 6.84. The van der Waals surface area contributed by atoms with E-state index in [-0.39, 0.29) is 6.04 Å². The van der Waals surface area contributed by atoms with Crippen molar-refractivity contribution in [2.24, 2.45) is 0 Å². The molecule has 2 aromatic carbocycles. The molecule has 134 valence electrons. The van der Waals surface area contributed by atoms with E-state index in [9.17, 15) is 0 Å². The third-order valence-electron chi connectivity index (χ3n) is 5.42. The van der Waals surface area contributed by atoms with Gasteiger partial charge in [-0.05, 0) is 47.4 Å². The molecule has 0 spiro atoms. The minimum Gasteiger partial charge on any atom is -0.357 e. The molecule has 1 aliphatic heterocycles. The van der Waals surface area contributed by atoms with E-state index in [1.807, 2.05) is 24.5 Å². The minimum absolute atomic E-state index is 0.161. The van der Waals surface area contributed by atoms with Gasteiger partial charge in [-0.25, -0.2) is 0 Å². The predicted octanol–water partition coefficient (Wildman–Crippen LogP) is 5.36. The fourth-order valence-electron chi connectivity index (χ4n) is 4.21. The van der Waals surface area contributed by atoms with Gasteiger partial charge in [-0.1, -0.05) is 48.0 Å². The van der Waals surface area contributed by atoms with E-state index in [1.165, 1.54) is 27.8 Å². The van der Waals surface area contributed by atoms with Crippen LogP contribution < -0.4 is 0 Å². The first-order chi connectivity index (χ1) is 13.3. The topological polar surface area (TPSA) is 31.9 Å². The van der Waals surface area contributed by atoms with Gasteiger partial charge < -0.3 is 4.98 Å². The normalized spacial score (nSPS) is 17.1. The molecule has 0 bridgehead atoms. The summed E-state index contributed by atoms with van der Waals surface area (Å²) in [6.45, 7) is 1.91. The number of aromatic nitrogens is 2. The highest BCUT2D eigenvalue weighted by atomic mass is 35.5. The van der Waals surface area contributed by atoms with E-state index in [4.69, 9.17) is 11.6 Å². The lowest BCUT2D eigenvalue weighted by molar-refractivity contribution is 0.201. The highest BCUT2D eigenvalue weighted by Gasteiger charge is 2.31. The van der Waals surface area contributed by atoms with Crippen molar-refractivity contribution >= 4 is 22.5 Å². The van der Waals surface area contributed by atoms with Crippen LogP contribution in [0.5, 0.6) is 0 Å². The summed E-state index contributed by atoms with van der Waals surface area (Å²) in [7, 11) is 0. The lowest BCUT2D eigenvalue weighted by Crippen LogP contribution is -2.35.